The van der Waals surface area contributed by atoms with Gasteiger partial charge in [-0.2, -0.15) is 8.42 Å². The van der Waals surface area contributed by atoms with Crippen molar-refractivity contribution in [2.45, 2.75) is 38.5 Å². The molecule has 4 nitrogen and oxygen atoms in total. The summed E-state index contributed by atoms with van der Waals surface area (Å²) in [5.74, 6) is -0.0709. The highest BCUT2D eigenvalue weighted by Crippen LogP contribution is 2.20. The van der Waals surface area contributed by atoms with E-state index in [9.17, 15) is 13.2 Å². The van der Waals surface area contributed by atoms with Crippen molar-refractivity contribution in [2.24, 2.45) is 5.92 Å². The smallest absolute Gasteiger partial charge is 0.264 e. The maximum atomic E-state index is 11.6. The molecule has 0 spiro atoms. The second-order valence-corrected chi connectivity index (χ2v) is 5.75. The summed E-state index contributed by atoms with van der Waals surface area (Å²) in [4.78, 5) is 11.6. The van der Waals surface area contributed by atoms with Crippen LogP contribution in [-0.2, 0) is 19.1 Å². The van der Waals surface area contributed by atoms with Gasteiger partial charge in [0.05, 0.1) is 12.9 Å². The van der Waals surface area contributed by atoms with Crippen LogP contribution in [0.4, 0.5) is 0 Å². The van der Waals surface area contributed by atoms with Crippen LogP contribution in [0.25, 0.3) is 0 Å². The van der Waals surface area contributed by atoms with Crippen molar-refractivity contribution < 1.29 is 17.4 Å². The number of hydrogen-bond acceptors (Lipinski definition) is 4. The predicted molar refractivity (Wildman–Crippen MR) is 57.0 cm³/mol. The first kappa shape index (κ1) is 12.6. The quantitative estimate of drug-likeness (QED) is 0.694. The molecule has 1 aliphatic carbocycles. The third kappa shape index (κ3) is 5.28. The van der Waals surface area contributed by atoms with E-state index < -0.39 is 10.1 Å². The van der Waals surface area contributed by atoms with Crippen LogP contribution in [0.5, 0.6) is 0 Å². The van der Waals surface area contributed by atoms with Gasteiger partial charge in [0.1, 0.15) is 5.78 Å². The number of carbonyl (C=O) groups excluding carboxylic acids is 1. The Labute approximate surface area is 91.1 Å². The fourth-order valence-corrected chi connectivity index (χ4v) is 2.20. The molecule has 1 aliphatic rings. The maximum absolute atomic E-state index is 11.6. The van der Waals surface area contributed by atoms with Crippen LogP contribution in [0.3, 0.4) is 0 Å². The summed E-state index contributed by atoms with van der Waals surface area (Å²) in [7, 11) is -3.42. The van der Waals surface area contributed by atoms with E-state index in [0.717, 1.165) is 38.4 Å². The van der Waals surface area contributed by atoms with E-state index >= 15 is 0 Å². The molecule has 0 aliphatic heterocycles. The fraction of sp³-hybridized carbons (Fsp3) is 0.900. The van der Waals surface area contributed by atoms with Gasteiger partial charge in [0.2, 0.25) is 0 Å². The van der Waals surface area contributed by atoms with E-state index in [2.05, 4.69) is 4.18 Å². The molecular weight excluding hydrogens is 216 g/mol. The molecule has 15 heavy (non-hydrogen) atoms. The van der Waals surface area contributed by atoms with Crippen molar-refractivity contribution in [3.8, 4) is 0 Å². The van der Waals surface area contributed by atoms with Crippen molar-refractivity contribution in [2.75, 3.05) is 12.9 Å². The molecule has 0 aromatic carbocycles. The Morgan fingerprint density at radius 3 is 2.60 bits per heavy atom. The second-order valence-electron chi connectivity index (χ2n) is 4.10. The van der Waals surface area contributed by atoms with Gasteiger partial charge in [0.15, 0.2) is 0 Å². The average molecular weight is 234 g/mol. The van der Waals surface area contributed by atoms with E-state index in [1.165, 1.54) is 0 Å². The first-order valence-electron chi connectivity index (χ1n) is 5.36. The molecule has 5 heteroatoms. The maximum Gasteiger partial charge on any atom is 0.264 e. The Hall–Kier alpha value is -0.420. The van der Waals surface area contributed by atoms with Crippen LogP contribution in [0.15, 0.2) is 0 Å². The van der Waals surface area contributed by atoms with Gasteiger partial charge in [-0.25, -0.2) is 0 Å². The minimum atomic E-state index is -3.42. The zero-order chi connectivity index (χ0) is 11.3. The molecule has 1 unspecified atom stereocenters. The lowest BCUT2D eigenvalue weighted by molar-refractivity contribution is -0.124. The highest BCUT2D eigenvalue weighted by Gasteiger charge is 2.21. The monoisotopic (exact) mass is 234 g/mol. The molecule has 0 radical (unpaired) electrons. The second kappa shape index (κ2) is 5.61. The molecular formula is C10H18O4S. The Balaban J connectivity index is 2.46. The molecule has 0 aromatic rings. The third-order valence-electron chi connectivity index (χ3n) is 2.66. The number of Topliss-reactive ketones (excluding diaryl/α,β-unsaturated/α-hetero) is 1. The van der Waals surface area contributed by atoms with Gasteiger partial charge >= 0.3 is 0 Å². The molecule has 1 saturated carbocycles. The highest BCUT2D eigenvalue weighted by atomic mass is 32.2. The summed E-state index contributed by atoms with van der Waals surface area (Å²) >= 11 is 0. The first-order valence-corrected chi connectivity index (χ1v) is 7.18. The van der Waals surface area contributed by atoms with Crippen LogP contribution in [0.2, 0.25) is 0 Å². The van der Waals surface area contributed by atoms with Gasteiger partial charge in [0, 0.05) is 12.3 Å². The highest BCUT2D eigenvalue weighted by molar-refractivity contribution is 7.85. The Morgan fingerprint density at radius 2 is 1.93 bits per heavy atom. The van der Waals surface area contributed by atoms with Gasteiger partial charge in [-0.05, 0) is 12.8 Å². The molecule has 1 atom stereocenters. The van der Waals surface area contributed by atoms with Crippen molar-refractivity contribution in [3.05, 3.63) is 0 Å². The fourth-order valence-electron chi connectivity index (χ4n) is 1.79. The number of rotatable bonds is 3. The van der Waals surface area contributed by atoms with Gasteiger partial charge < -0.3 is 0 Å². The molecule has 0 saturated heterocycles. The molecule has 0 aromatic heterocycles. The van der Waals surface area contributed by atoms with E-state index in [1.54, 1.807) is 0 Å². The summed E-state index contributed by atoms with van der Waals surface area (Å²) in [6, 6.07) is 0. The minimum absolute atomic E-state index is 0.0255. The summed E-state index contributed by atoms with van der Waals surface area (Å²) < 4.78 is 26.3. The molecule has 0 heterocycles. The van der Waals surface area contributed by atoms with Crippen LogP contribution in [0.1, 0.15) is 38.5 Å². The number of hydrogen-bond donors (Lipinski definition) is 0. The summed E-state index contributed by atoms with van der Waals surface area (Å²) in [5.41, 5.74) is 0. The molecule has 0 amide bonds. The minimum Gasteiger partial charge on any atom is -0.299 e. The lowest BCUT2D eigenvalue weighted by Crippen LogP contribution is -2.23. The molecule has 88 valence electrons. The third-order valence-corrected chi connectivity index (χ3v) is 3.23. The Morgan fingerprint density at radius 1 is 1.27 bits per heavy atom. The van der Waals surface area contributed by atoms with E-state index in [4.69, 9.17) is 0 Å². The van der Waals surface area contributed by atoms with Crippen molar-refractivity contribution in [1.29, 1.82) is 0 Å². The van der Waals surface area contributed by atoms with Gasteiger partial charge in [-0.1, -0.05) is 19.3 Å². The van der Waals surface area contributed by atoms with Crippen LogP contribution in [-0.4, -0.2) is 27.1 Å². The topological polar surface area (TPSA) is 60.4 Å². The SMILES string of the molecule is CS(=O)(=O)OCC1CCCCCCC1=O. The van der Waals surface area contributed by atoms with Gasteiger partial charge in [0.25, 0.3) is 10.1 Å². The summed E-state index contributed by atoms with van der Waals surface area (Å²) in [6.07, 6.45) is 6.48. The van der Waals surface area contributed by atoms with Crippen molar-refractivity contribution in [1.82, 2.24) is 0 Å². The van der Waals surface area contributed by atoms with E-state index in [-0.39, 0.29) is 18.3 Å². The standard InChI is InChI=1S/C10H18O4S/c1-15(12,13)14-8-9-6-4-2-3-5-7-10(9)11/h9H,2-8H2,1H3. The average Bonchev–Trinajstić information content (AvgIpc) is 2.09. The van der Waals surface area contributed by atoms with Gasteiger partial charge in [-0.3, -0.25) is 8.98 Å². The van der Waals surface area contributed by atoms with Crippen molar-refractivity contribution in [3.63, 3.8) is 0 Å². The molecule has 0 N–H and O–H groups in total. The Kier molecular flexibility index (Phi) is 4.73. The lowest BCUT2D eigenvalue weighted by atomic mass is 9.91. The first-order chi connectivity index (χ1) is 6.99. The molecule has 1 rings (SSSR count). The Bertz CT molecular complexity index is 307. The van der Waals surface area contributed by atoms with Gasteiger partial charge in [-0.15, -0.1) is 0 Å². The molecule has 1 fully saturated rings. The zero-order valence-corrected chi connectivity index (χ0v) is 9.88. The van der Waals surface area contributed by atoms with E-state index in [1.807, 2.05) is 0 Å². The number of ketones is 1. The van der Waals surface area contributed by atoms with E-state index in [0.29, 0.717) is 6.42 Å². The van der Waals surface area contributed by atoms with Crippen LogP contribution >= 0.6 is 0 Å². The molecule has 0 bridgehead atoms. The number of carbonyl (C=O) groups is 1. The predicted octanol–water partition coefficient (Wildman–Crippen LogP) is 1.50. The van der Waals surface area contributed by atoms with Crippen LogP contribution in [0, 0.1) is 5.92 Å². The normalized spacial score (nSPS) is 24.6. The zero-order valence-electron chi connectivity index (χ0n) is 9.07. The van der Waals surface area contributed by atoms with Crippen LogP contribution < -0.4 is 0 Å². The summed E-state index contributed by atoms with van der Waals surface area (Å²) in [6.45, 7) is 0.0255. The summed E-state index contributed by atoms with van der Waals surface area (Å²) in [5, 5.41) is 0. The van der Waals surface area contributed by atoms with Crippen molar-refractivity contribution >= 4 is 15.9 Å². The lowest BCUT2D eigenvalue weighted by Gasteiger charge is -2.17. The largest absolute Gasteiger partial charge is 0.299 e.